The molecule has 2 amide bonds. The highest BCUT2D eigenvalue weighted by molar-refractivity contribution is 5.82. The SMILES string of the molecule is CCC(CC)C(C)NC(=O)N[C@H](C(=O)O)[C@@H](C)CC. The van der Waals surface area contributed by atoms with Gasteiger partial charge in [-0.3, -0.25) is 0 Å². The van der Waals surface area contributed by atoms with Crippen molar-refractivity contribution in [1.29, 1.82) is 0 Å². The highest BCUT2D eigenvalue weighted by Crippen LogP contribution is 2.13. The third-order valence-corrected chi connectivity index (χ3v) is 3.88. The van der Waals surface area contributed by atoms with Crippen molar-refractivity contribution in [3.8, 4) is 0 Å². The lowest BCUT2D eigenvalue weighted by Crippen LogP contribution is -2.52. The van der Waals surface area contributed by atoms with Crippen LogP contribution in [0.25, 0.3) is 0 Å². The van der Waals surface area contributed by atoms with Gasteiger partial charge in [0.2, 0.25) is 0 Å². The standard InChI is InChI=1S/C14H28N2O3/c1-6-9(4)12(13(17)18)16-14(19)15-10(5)11(7-2)8-3/h9-12H,6-8H2,1-5H3,(H,17,18)(H2,15,16,19)/t9-,10?,12-/m0/s1. The monoisotopic (exact) mass is 272 g/mol. The smallest absolute Gasteiger partial charge is 0.326 e. The van der Waals surface area contributed by atoms with Gasteiger partial charge in [-0.15, -0.1) is 0 Å². The predicted octanol–water partition coefficient (Wildman–Crippen LogP) is 2.61. The Morgan fingerprint density at radius 2 is 1.53 bits per heavy atom. The van der Waals surface area contributed by atoms with Crippen LogP contribution in [0, 0.1) is 11.8 Å². The first-order valence-corrected chi connectivity index (χ1v) is 7.17. The Bertz CT molecular complexity index is 290. The van der Waals surface area contributed by atoms with Gasteiger partial charge in [-0.1, -0.05) is 47.0 Å². The first-order valence-electron chi connectivity index (χ1n) is 7.17. The van der Waals surface area contributed by atoms with Gasteiger partial charge < -0.3 is 15.7 Å². The van der Waals surface area contributed by atoms with Gasteiger partial charge in [-0.2, -0.15) is 0 Å². The molecule has 0 aliphatic heterocycles. The summed E-state index contributed by atoms with van der Waals surface area (Å²) in [5.41, 5.74) is 0. The summed E-state index contributed by atoms with van der Waals surface area (Å²) < 4.78 is 0. The fourth-order valence-electron chi connectivity index (χ4n) is 2.19. The minimum absolute atomic E-state index is 0.0429. The van der Waals surface area contributed by atoms with Crippen LogP contribution in [0.2, 0.25) is 0 Å². The zero-order valence-corrected chi connectivity index (χ0v) is 12.7. The number of nitrogens with one attached hydrogen (secondary N) is 2. The molecule has 0 aromatic heterocycles. The Morgan fingerprint density at radius 1 is 1.00 bits per heavy atom. The van der Waals surface area contributed by atoms with E-state index >= 15 is 0 Å². The molecule has 0 bridgehead atoms. The number of carboxylic acids is 1. The molecule has 0 aliphatic carbocycles. The number of amides is 2. The van der Waals surface area contributed by atoms with Crippen molar-refractivity contribution in [2.75, 3.05) is 0 Å². The first kappa shape index (κ1) is 17.7. The van der Waals surface area contributed by atoms with Crippen molar-refractivity contribution < 1.29 is 14.7 Å². The topological polar surface area (TPSA) is 78.4 Å². The number of urea groups is 1. The molecule has 3 N–H and O–H groups in total. The molecule has 0 saturated carbocycles. The number of carbonyl (C=O) groups excluding carboxylic acids is 1. The zero-order chi connectivity index (χ0) is 15.0. The normalized spacial score (nSPS) is 15.7. The van der Waals surface area contributed by atoms with Gasteiger partial charge in [0, 0.05) is 6.04 Å². The number of hydrogen-bond acceptors (Lipinski definition) is 2. The zero-order valence-electron chi connectivity index (χ0n) is 12.7. The molecule has 5 nitrogen and oxygen atoms in total. The van der Waals surface area contributed by atoms with Gasteiger partial charge in [0.15, 0.2) is 0 Å². The van der Waals surface area contributed by atoms with Crippen LogP contribution in [0.5, 0.6) is 0 Å². The van der Waals surface area contributed by atoms with Crippen LogP contribution < -0.4 is 10.6 Å². The lowest BCUT2D eigenvalue weighted by molar-refractivity contribution is -0.140. The quantitative estimate of drug-likeness (QED) is 0.635. The van der Waals surface area contributed by atoms with E-state index < -0.39 is 18.0 Å². The lowest BCUT2D eigenvalue weighted by atomic mass is 9.95. The van der Waals surface area contributed by atoms with Gasteiger partial charge in [-0.25, -0.2) is 9.59 Å². The summed E-state index contributed by atoms with van der Waals surface area (Å²) >= 11 is 0. The summed E-state index contributed by atoms with van der Waals surface area (Å²) in [6.07, 6.45) is 2.69. The van der Waals surface area contributed by atoms with E-state index in [2.05, 4.69) is 24.5 Å². The minimum Gasteiger partial charge on any atom is -0.480 e. The van der Waals surface area contributed by atoms with Crippen LogP contribution in [-0.2, 0) is 4.79 Å². The number of carboxylic acid groups (broad SMARTS) is 1. The van der Waals surface area contributed by atoms with E-state index in [1.54, 1.807) is 0 Å². The molecule has 0 spiro atoms. The van der Waals surface area contributed by atoms with E-state index in [0.29, 0.717) is 12.3 Å². The molecule has 19 heavy (non-hydrogen) atoms. The average molecular weight is 272 g/mol. The van der Waals surface area contributed by atoms with Crippen LogP contribution in [0.1, 0.15) is 53.9 Å². The maximum Gasteiger partial charge on any atom is 0.326 e. The lowest BCUT2D eigenvalue weighted by Gasteiger charge is -2.25. The minimum atomic E-state index is -0.986. The Hall–Kier alpha value is -1.26. The molecule has 0 heterocycles. The third-order valence-electron chi connectivity index (χ3n) is 3.88. The van der Waals surface area contributed by atoms with Crippen LogP contribution in [0.15, 0.2) is 0 Å². The van der Waals surface area contributed by atoms with Gasteiger partial charge in [0.25, 0.3) is 0 Å². The van der Waals surface area contributed by atoms with Crippen molar-refractivity contribution in [3.63, 3.8) is 0 Å². The van der Waals surface area contributed by atoms with E-state index in [4.69, 9.17) is 5.11 Å². The molecule has 112 valence electrons. The first-order chi connectivity index (χ1) is 8.87. The number of hydrogen-bond donors (Lipinski definition) is 3. The van der Waals surface area contributed by atoms with Crippen molar-refractivity contribution in [1.82, 2.24) is 10.6 Å². The van der Waals surface area contributed by atoms with Gasteiger partial charge in [0.05, 0.1) is 0 Å². The van der Waals surface area contributed by atoms with Crippen molar-refractivity contribution in [3.05, 3.63) is 0 Å². The second-order valence-electron chi connectivity index (χ2n) is 5.18. The maximum atomic E-state index is 11.8. The Balaban J connectivity index is 4.46. The van der Waals surface area contributed by atoms with Crippen LogP contribution in [0.4, 0.5) is 4.79 Å². The summed E-state index contributed by atoms with van der Waals surface area (Å²) in [6.45, 7) is 9.86. The van der Waals surface area contributed by atoms with E-state index in [1.807, 2.05) is 20.8 Å². The highest BCUT2D eigenvalue weighted by Gasteiger charge is 2.26. The van der Waals surface area contributed by atoms with Crippen LogP contribution >= 0.6 is 0 Å². The molecule has 0 aromatic carbocycles. The third kappa shape index (κ3) is 5.94. The average Bonchev–Trinajstić information content (AvgIpc) is 2.36. The molecule has 0 rings (SSSR count). The van der Waals surface area contributed by atoms with Crippen molar-refractivity contribution in [2.45, 2.75) is 66.0 Å². The molecule has 0 aromatic rings. The molecule has 5 heteroatoms. The van der Waals surface area contributed by atoms with Gasteiger partial charge in [-0.05, 0) is 18.8 Å². The Labute approximate surface area is 116 Å². The van der Waals surface area contributed by atoms with E-state index in [-0.39, 0.29) is 12.0 Å². The van der Waals surface area contributed by atoms with Crippen molar-refractivity contribution in [2.24, 2.45) is 11.8 Å². The summed E-state index contributed by atoms with van der Waals surface area (Å²) in [7, 11) is 0. The number of rotatable bonds is 8. The molecule has 0 fully saturated rings. The molecular formula is C14H28N2O3. The van der Waals surface area contributed by atoms with Crippen LogP contribution in [-0.4, -0.2) is 29.2 Å². The van der Waals surface area contributed by atoms with Gasteiger partial charge in [0.1, 0.15) is 6.04 Å². The predicted molar refractivity (Wildman–Crippen MR) is 76.1 cm³/mol. The Kier molecular flexibility index (Phi) is 8.19. The molecule has 0 saturated heterocycles. The number of aliphatic carboxylic acids is 1. The van der Waals surface area contributed by atoms with Crippen molar-refractivity contribution >= 4 is 12.0 Å². The highest BCUT2D eigenvalue weighted by atomic mass is 16.4. The molecule has 0 radical (unpaired) electrons. The number of carbonyl (C=O) groups is 2. The van der Waals surface area contributed by atoms with E-state index in [0.717, 1.165) is 12.8 Å². The maximum absolute atomic E-state index is 11.8. The second kappa shape index (κ2) is 8.77. The van der Waals surface area contributed by atoms with Crippen LogP contribution in [0.3, 0.4) is 0 Å². The second-order valence-corrected chi connectivity index (χ2v) is 5.18. The molecular weight excluding hydrogens is 244 g/mol. The Morgan fingerprint density at radius 3 is 1.89 bits per heavy atom. The molecule has 1 unspecified atom stereocenters. The largest absolute Gasteiger partial charge is 0.480 e. The summed E-state index contributed by atoms with van der Waals surface area (Å²) in [6, 6.07) is -1.19. The summed E-state index contributed by atoms with van der Waals surface area (Å²) in [4.78, 5) is 23.0. The summed E-state index contributed by atoms with van der Waals surface area (Å²) in [5, 5.41) is 14.5. The molecule has 0 aliphatic rings. The van der Waals surface area contributed by atoms with Gasteiger partial charge >= 0.3 is 12.0 Å². The fraction of sp³-hybridized carbons (Fsp3) is 0.857. The molecule has 3 atom stereocenters. The fourth-order valence-corrected chi connectivity index (χ4v) is 2.19. The summed E-state index contributed by atoms with van der Waals surface area (Å²) in [5.74, 6) is -0.663. The van der Waals surface area contributed by atoms with E-state index in [9.17, 15) is 9.59 Å². The van der Waals surface area contributed by atoms with E-state index in [1.165, 1.54) is 0 Å².